The average Bonchev–Trinajstić information content (AvgIpc) is 2.39. The summed E-state index contributed by atoms with van der Waals surface area (Å²) in [7, 11) is 1.64. The number of aldehydes is 1. The maximum absolute atomic E-state index is 10.9. The number of rotatable bonds is 3. The van der Waals surface area contributed by atoms with E-state index in [2.05, 4.69) is 15.9 Å². The van der Waals surface area contributed by atoms with Gasteiger partial charge in [-0.25, -0.2) is 0 Å². The highest BCUT2D eigenvalue weighted by Crippen LogP contribution is 2.31. The van der Waals surface area contributed by atoms with Crippen LogP contribution in [0.1, 0.15) is 10.4 Å². The Morgan fingerprint density at radius 1 is 1.18 bits per heavy atom. The van der Waals surface area contributed by atoms with Gasteiger partial charge < -0.3 is 4.74 Å². The van der Waals surface area contributed by atoms with Crippen molar-refractivity contribution < 1.29 is 9.53 Å². The summed E-state index contributed by atoms with van der Waals surface area (Å²) < 4.78 is 6.10. The zero-order valence-corrected chi connectivity index (χ0v) is 10.9. The smallest absolute Gasteiger partial charge is 0.151 e. The van der Waals surface area contributed by atoms with Crippen LogP contribution in [-0.2, 0) is 0 Å². The van der Waals surface area contributed by atoms with Gasteiger partial charge in [-0.15, -0.1) is 0 Å². The highest BCUT2D eigenvalue weighted by atomic mass is 79.9. The molecule has 0 fully saturated rings. The van der Waals surface area contributed by atoms with Gasteiger partial charge in [0.1, 0.15) is 5.75 Å². The van der Waals surface area contributed by atoms with Crippen molar-refractivity contribution >= 4 is 22.2 Å². The van der Waals surface area contributed by atoms with Gasteiger partial charge in [0.2, 0.25) is 0 Å². The van der Waals surface area contributed by atoms with Crippen molar-refractivity contribution in [2.24, 2.45) is 0 Å². The Hall–Kier alpha value is -1.61. The first-order chi connectivity index (χ1) is 8.26. The number of para-hydroxylation sites is 1. The molecule has 0 radical (unpaired) electrons. The Morgan fingerprint density at radius 2 is 1.94 bits per heavy atom. The number of halogens is 1. The lowest BCUT2D eigenvalue weighted by Crippen LogP contribution is -1.89. The van der Waals surface area contributed by atoms with Gasteiger partial charge in [0.05, 0.1) is 7.11 Å². The van der Waals surface area contributed by atoms with E-state index >= 15 is 0 Å². The molecule has 0 N–H and O–H groups in total. The summed E-state index contributed by atoms with van der Waals surface area (Å²) in [5.74, 6) is 0.798. The van der Waals surface area contributed by atoms with Gasteiger partial charge in [0.25, 0.3) is 0 Å². The quantitative estimate of drug-likeness (QED) is 0.801. The number of methoxy groups -OCH3 is 1. The van der Waals surface area contributed by atoms with Crippen molar-refractivity contribution in [1.29, 1.82) is 0 Å². The number of hydrogen-bond donors (Lipinski definition) is 0. The maximum atomic E-state index is 10.9. The fourth-order valence-corrected chi connectivity index (χ4v) is 2.02. The summed E-state index contributed by atoms with van der Waals surface area (Å²) >= 11 is 3.34. The molecule has 86 valence electrons. The fourth-order valence-electron chi connectivity index (χ4n) is 1.68. The van der Waals surface area contributed by atoms with Gasteiger partial charge in [0.15, 0.2) is 6.29 Å². The number of benzene rings is 2. The Balaban J connectivity index is 2.56. The average molecular weight is 291 g/mol. The molecule has 0 atom stereocenters. The monoisotopic (exact) mass is 290 g/mol. The van der Waals surface area contributed by atoms with Crippen molar-refractivity contribution in [2.75, 3.05) is 7.11 Å². The Morgan fingerprint density at radius 3 is 2.65 bits per heavy atom. The molecule has 0 heterocycles. The van der Waals surface area contributed by atoms with E-state index in [9.17, 15) is 4.79 Å². The van der Waals surface area contributed by atoms with E-state index in [1.807, 2.05) is 42.5 Å². The van der Waals surface area contributed by atoms with Crippen LogP contribution in [0.3, 0.4) is 0 Å². The third-order valence-electron chi connectivity index (χ3n) is 2.54. The molecule has 3 heteroatoms. The summed E-state index contributed by atoms with van der Waals surface area (Å²) in [5.41, 5.74) is 2.58. The fraction of sp³-hybridized carbons (Fsp3) is 0.0714. The number of carbonyl (C=O) groups is 1. The lowest BCUT2D eigenvalue weighted by molar-refractivity contribution is 0.112. The molecule has 2 nitrogen and oxygen atoms in total. The van der Waals surface area contributed by atoms with E-state index in [1.165, 1.54) is 0 Å². The van der Waals surface area contributed by atoms with E-state index in [4.69, 9.17) is 4.74 Å². The minimum Gasteiger partial charge on any atom is -0.496 e. The lowest BCUT2D eigenvalue weighted by atomic mass is 10.0. The van der Waals surface area contributed by atoms with Crippen molar-refractivity contribution in [1.82, 2.24) is 0 Å². The summed E-state index contributed by atoms with van der Waals surface area (Å²) in [6, 6.07) is 13.4. The molecule has 0 aliphatic rings. The van der Waals surface area contributed by atoms with Crippen molar-refractivity contribution in [3.05, 3.63) is 52.5 Å². The topological polar surface area (TPSA) is 26.3 Å². The lowest BCUT2D eigenvalue weighted by Gasteiger charge is -2.09. The molecule has 0 aliphatic heterocycles. The Labute approximate surface area is 108 Å². The van der Waals surface area contributed by atoms with Gasteiger partial charge in [-0.1, -0.05) is 40.2 Å². The molecular weight excluding hydrogens is 280 g/mol. The van der Waals surface area contributed by atoms with Crippen LogP contribution in [0, 0.1) is 0 Å². The highest BCUT2D eigenvalue weighted by molar-refractivity contribution is 9.10. The normalized spacial score (nSPS) is 10.0. The summed E-state index contributed by atoms with van der Waals surface area (Å²) in [6.45, 7) is 0. The molecule has 0 aliphatic carbocycles. The molecule has 0 aromatic heterocycles. The van der Waals surface area contributed by atoms with E-state index in [1.54, 1.807) is 7.11 Å². The van der Waals surface area contributed by atoms with Gasteiger partial charge >= 0.3 is 0 Å². The van der Waals surface area contributed by atoms with Gasteiger partial charge in [-0.05, 0) is 23.8 Å². The Kier molecular flexibility index (Phi) is 3.59. The van der Waals surface area contributed by atoms with Gasteiger partial charge in [-0.3, -0.25) is 4.79 Å². The van der Waals surface area contributed by atoms with Crippen molar-refractivity contribution in [2.45, 2.75) is 0 Å². The first-order valence-corrected chi connectivity index (χ1v) is 5.93. The zero-order chi connectivity index (χ0) is 12.3. The van der Waals surface area contributed by atoms with Crippen LogP contribution in [0.2, 0.25) is 0 Å². The molecule has 0 saturated heterocycles. The van der Waals surface area contributed by atoms with Crippen molar-refractivity contribution in [3.63, 3.8) is 0 Å². The number of hydrogen-bond acceptors (Lipinski definition) is 2. The van der Waals surface area contributed by atoms with Crippen LogP contribution >= 0.6 is 15.9 Å². The minimum absolute atomic E-state index is 0.633. The molecule has 17 heavy (non-hydrogen) atoms. The second-order valence-corrected chi connectivity index (χ2v) is 4.41. The van der Waals surface area contributed by atoms with E-state index in [0.717, 1.165) is 27.6 Å². The van der Waals surface area contributed by atoms with E-state index < -0.39 is 0 Å². The third-order valence-corrected chi connectivity index (χ3v) is 3.26. The molecule has 2 aromatic carbocycles. The molecular formula is C14H11BrO2. The zero-order valence-electron chi connectivity index (χ0n) is 9.31. The number of carbonyl (C=O) groups excluding carboxylic acids is 1. The second-order valence-electron chi connectivity index (χ2n) is 3.55. The highest BCUT2D eigenvalue weighted by Gasteiger charge is 2.07. The summed E-state index contributed by atoms with van der Waals surface area (Å²) in [4.78, 5) is 10.9. The molecule has 2 aromatic rings. The van der Waals surface area contributed by atoms with E-state index in [0.29, 0.717) is 5.56 Å². The van der Waals surface area contributed by atoms with Crippen LogP contribution in [0.5, 0.6) is 5.75 Å². The minimum atomic E-state index is 0.633. The molecule has 0 amide bonds. The second kappa shape index (κ2) is 5.15. The van der Waals surface area contributed by atoms with Crippen LogP contribution in [0.15, 0.2) is 46.9 Å². The largest absolute Gasteiger partial charge is 0.496 e. The molecule has 0 spiro atoms. The molecule has 0 bridgehead atoms. The Bertz CT molecular complexity index is 550. The maximum Gasteiger partial charge on any atom is 0.151 e. The first kappa shape index (κ1) is 11.9. The summed E-state index contributed by atoms with van der Waals surface area (Å²) in [5, 5.41) is 0. The molecule has 0 unspecified atom stereocenters. The van der Waals surface area contributed by atoms with E-state index in [-0.39, 0.29) is 0 Å². The summed E-state index contributed by atoms with van der Waals surface area (Å²) in [6.07, 6.45) is 0.836. The van der Waals surface area contributed by atoms with Crippen LogP contribution in [0.4, 0.5) is 0 Å². The predicted molar refractivity (Wildman–Crippen MR) is 71.5 cm³/mol. The molecule has 2 rings (SSSR count). The number of ether oxygens (including phenoxy) is 1. The van der Waals surface area contributed by atoms with Crippen molar-refractivity contribution in [3.8, 4) is 16.9 Å². The standard InChI is InChI=1S/C14H11BrO2/c1-17-14-5-3-2-4-12(14)10-6-7-13(15)11(8-10)9-16/h2-9H,1H3. The van der Waals surface area contributed by atoms with Crippen LogP contribution in [0.25, 0.3) is 11.1 Å². The SMILES string of the molecule is COc1ccccc1-c1ccc(Br)c(C=O)c1. The van der Waals surface area contributed by atoms with Crippen LogP contribution < -0.4 is 4.74 Å². The molecule has 0 saturated carbocycles. The predicted octanol–water partition coefficient (Wildman–Crippen LogP) is 3.94. The van der Waals surface area contributed by atoms with Gasteiger partial charge in [0, 0.05) is 15.6 Å². The van der Waals surface area contributed by atoms with Gasteiger partial charge in [-0.2, -0.15) is 0 Å². The third kappa shape index (κ3) is 2.39. The van der Waals surface area contributed by atoms with Crippen LogP contribution in [-0.4, -0.2) is 13.4 Å². The first-order valence-electron chi connectivity index (χ1n) is 5.14.